The van der Waals surface area contributed by atoms with Crippen LogP contribution in [0.15, 0.2) is 22.7 Å². The largest absolute Gasteiger partial charge is 0.313 e. The summed E-state index contributed by atoms with van der Waals surface area (Å²) in [5.74, 6) is 0. The Morgan fingerprint density at radius 1 is 1.33 bits per heavy atom. The van der Waals surface area contributed by atoms with Crippen molar-refractivity contribution < 1.29 is 0 Å². The molecule has 3 heteroatoms. The summed E-state index contributed by atoms with van der Waals surface area (Å²) in [5.41, 5.74) is 1.78. The van der Waals surface area contributed by atoms with Gasteiger partial charge in [0.1, 0.15) is 0 Å². The fourth-order valence-corrected chi connectivity index (χ4v) is 3.55. The SMILES string of the molecule is Clc1cc(Br)ccc1CC1(CNC2CC2)CCC1. The fraction of sp³-hybridized carbons (Fsp3) is 0.600. The third-order valence-corrected chi connectivity index (χ3v) is 5.18. The summed E-state index contributed by atoms with van der Waals surface area (Å²) in [6.45, 7) is 1.17. The van der Waals surface area contributed by atoms with E-state index < -0.39 is 0 Å². The lowest BCUT2D eigenvalue weighted by molar-refractivity contribution is 0.129. The van der Waals surface area contributed by atoms with E-state index in [0.29, 0.717) is 5.41 Å². The minimum Gasteiger partial charge on any atom is -0.313 e. The predicted molar refractivity (Wildman–Crippen MR) is 80.2 cm³/mol. The summed E-state index contributed by atoms with van der Waals surface area (Å²) < 4.78 is 1.06. The van der Waals surface area contributed by atoms with E-state index in [4.69, 9.17) is 11.6 Å². The van der Waals surface area contributed by atoms with E-state index in [1.165, 1.54) is 44.2 Å². The normalized spacial score (nSPS) is 21.7. The van der Waals surface area contributed by atoms with E-state index in [-0.39, 0.29) is 0 Å². The fourth-order valence-electron chi connectivity index (χ4n) is 2.81. The van der Waals surface area contributed by atoms with E-state index in [2.05, 4.69) is 33.4 Å². The summed E-state index contributed by atoms with van der Waals surface area (Å²) in [5, 5.41) is 4.60. The van der Waals surface area contributed by atoms with Crippen molar-refractivity contribution in [1.29, 1.82) is 0 Å². The van der Waals surface area contributed by atoms with Gasteiger partial charge in [0.25, 0.3) is 0 Å². The van der Waals surface area contributed by atoms with Crippen LogP contribution in [0.2, 0.25) is 5.02 Å². The van der Waals surface area contributed by atoms with E-state index >= 15 is 0 Å². The molecule has 2 saturated carbocycles. The van der Waals surface area contributed by atoms with Gasteiger partial charge in [0, 0.05) is 22.1 Å². The van der Waals surface area contributed by atoms with Gasteiger partial charge >= 0.3 is 0 Å². The third-order valence-electron chi connectivity index (χ3n) is 4.34. The van der Waals surface area contributed by atoms with E-state index in [1.54, 1.807) is 0 Å². The Labute approximate surface area is 122 Å². The lowest BCUT2D eigenvalue weighted by Gasteiger charge is -2.42. The van der Waals surface area contributed by atoms with Crippen molar-refractivity contribution in [2.75, 3.05) is 6.54 Å². The zero-order valence-corrected chi connectivity index (χ0v) is 12.9. The van der Waals surface area contributed by atoms with Gasteiger partial charge in [-0.25, -0.2) is 0 Å². The molecule has 0 spiro atoms. The zero-order valence-electron chi connectivity index (χ0n) is 10.5. The van der Waals surface area contributed by atoms with Crippen molar-refractivity contribution in [2.24, 2.45) is 5.41 Å². The molecule has 0 heterocycles. The van der Waals surface area contributed by atoms with Gasteiger partial charge in [-0.1, -0.05) is 40.0 Å². The van der Waals surface area contributed by atoms with Crippen LogP contribution in [-0.2, 0) is 6.42 Å². The number of hydrogen-bond donors (Lipinski definition) is 1. The molecule has 1 N–H and O–H groups in total. The van der Waals surface area contributed by atoms with Crippen LogP contribution in [0.3, 0.4) is 0 Å². The Hall–Kier alpha value is -0.0500. The van der Waals surface area contributed by atoms with E-state index in [9.17, 15) is 0 Å². The molecule has 0 bridgehead atoms. The molecule has 0 unspecified atom stereocenters. The smallest absolute Gasteiger partial charge is 0.0449 e. The van der Waals surface area contributed by atoms with Crippen LogP contribution in [0.5, 0.6) is 0 Å². The highest BCUT2D eigenvalue weighted by Crippen LogP contribution is 2.44. The van der Waals surface area contributed by atoms with Gasteiger partial charge in [-0.15, -0.1) is 0 Å². The van der Waals surface area contributed by atoms with Crippen molar-refractivity contribution in [3.63, 3.8) is 0 Å². The molecule has 1 nitrogen and oxygen atoms in total. The van der Waals surface area contributed by atoms with Gasteiger partial charge in [-0.3, -0.25) is 0 Å². The Bertz CT molecular complexity index is 438. The maximum absolute atomic E-state index is 6.34. The van der Waals surface area contributed by atoms with Crippen molar-refractivity contribution >= 4 is 27.5 Å². The molecule has 0 amide bonds. The van der Waals surface area contributed by atoms with Crippen molar-refractivity contribution in [3.8, 4) is 0 Å². The molecule has 2 aliphatic carbocycles. The first-order chi connectivity index (χ1) is 8.67. The molecular weight excluding hydrogens is 310 g/mol. The number of nitrogens with one attached hydrogen (secondary N) is 1. The molecular formula is C15H19BrClN. The van der Waals surface area contributed by atoms with Crippen LogP contribution in [0.25, 0.3) is 0 Å². The third kappa shape index (κ3) is 2.92. The highest BCUT2D eigenvalue weighted by atomic mass is 79.9. The highest BCUT2D eigenvalue weighted by Gasteiger charge is 2.38. The van der Waals surface area contributed by atoms with Crippen molar-refractivity contribution in [3.05, 3.63) is 33.3 Å². The minimum absolute atomic E-state index is 0.472. The van der Waals surface area contributed by atoms with Gasteiger partial charge in [0.2, 0.25) is 0 Å². The van der Waals surface area contributed by atoms with Crippen LogP contribution in [0.4, 0.5) is 0 Å². The van der Waals surface area contributed by atoms with Crippen LogP contribution in [0.1, 0.15) is 37.7 Å². The molecule has 18 heavy (non-hydrogen) atoms. The van der Waals surface area contributed by atoms with Crippen LogP contribution in [0, 0.1) is 5.41 Å². The van der Waals surface area contributed by atoms with Gasteiger partial charge in [-0.05, 0) is 55.2 Å². The van der Waals surface area contributed by atoms with Crippen LogP contribution >= 0.6 is 27.5 Å². The van der Waals surface area contributed by atoms with Gasteiger partial charge in [0.05, 0.1) is 0 Å². The number of hydrogen-bond acceptors (Lipinski definition) is 1. The Morgan fingerprint density at radius 2 is 2.11 bits per heavy atom. The standard InChI is InChI=1S/C15H19BrClN/c16-12-3-2-11(14(17)8-12)9-15(6-1-7-15)10-18-13-4-5-13/h2-3,8,13,18H,1,4-7,9-10H2. The Balaban J connectivity index is 1.68. The van der Waals surface area contributed by atoms with Crippen molar-refractivity contribution in [1.82, 2.24) is 5.32 Å². The summed E-state index contributed by atoms with van der Waals surface area (Å²) in [7, 11) is 0. The maximum atomic E-state index is 6.34. The second-order valence-corrected chi connectivity index (χ2v) is 7.24. The van der Waals surface area contributed by atoms with Crippen LogP contribution < -0.4 is 5.32 Å². The van der Waals surface area contributed by atoms with E-state index in [1.807, 2.05) is 6.07 Å². The molecule has 0 aromatic heterocycles. The van der Waals surface area contributed by atoms with Gasteiger partial charge < -0.3 is 5.32 Å². The Morgan fingerprint density at radius 3 is 2.67 bits per heavy atom. The number of halogens is 2. The summed E-state index contributed by atoms with van der Waals surface area (Å²) >= 11 is 9.81. The van der Waals surface area contributed by atoms with E-state index in [0.717, 1.165) is 22.0 Å². The molecule has 0 radical (unpaired) electrons. The lowest BCUT2D eigenvalue weighted by atomic mass is 9.65. The molecule has 0 saturated heterocycles. The summed E-state index contributed by atoms with van der Waals surface area (Å²) in [6.07, 6.45) is 7.93. The average Bonchev–Trinajstić information content (AvgIpc) is 3.08. The quantitative estimate of drug-likeness (QED) is 0.835. The Kier molecular flexibility index (Phi) is 3.70. The molecule has 2 aliphatic rings. The number of benzene rings is 1. The predicted octanol–water partition coefficient (Wildman–Crippen LogP) is 4.57. The van der Waals surface area contributed by atoms with Gasteiger partial charge in [0.15, 0.2) is 0 Å². The minimum atomic E-state index is 0.472. The second-order valence-electron chi connectivity index (χ2n) is 5.92. The molecule has 98 valence electrons. The maximum Gasteiger partial charge on any atom is 0.0449 e. The summed E-state index contributed by atoms with van der Waals surface area (Å²) in [6, 6.07) is 7.09. The number of rotatable bonds is 5. The first kappa shape index (κ1) is 13.0. The van der Waals surface area contributed by atoms with Crippen molar-refractivity contribution in [2.45, 2.75) is 44.6 Å². The second kappa shape index (κ2) is 5.15. The average molecular weight is 329 g/mol. The lowest BCUT2D eigenvalue weighted by Crippen LogP contribution is -2.42. The molecule has 2 fully saturated rings. The first-order valence-corrected chi connectivity index (χ1v) is 8.01. The molecule has 0 atom stereocenters. The van der Waals surface area contributed by atoms with Crippen LogP contribution in [-0.4, -0.2) is 12.6 Å². The molecule has 1 aromatic carbocycles. The molecule has 3 rings (SSSR count). The molecule has 1 aromatic rings. The topological polar surface area (TPSA) is 12.0 Å². The highest BCUT2D eigenvalue weighted by molar-refractivity contribution is 9.10. The monoisotopic (exact) mass is 327 g/mol. The first-order valence-electron chi connectivity index (χ1n) is 6.84. The van der Waals surface area contributed by atoms with Gasteiger partial charge in [-0.2, -0.15) is 0 Å². The zero-order chi connectivity index (χ0) is 12.6. The molecule has 0 aliphatic heterocycles. The summed E-state index contributed by atoms with van der Waals surface area (Å²) in [4.78, 5) is 0.